The molecule has 5 aromatic carbocycles. The van der Waals surface area contributed by atoms with E-state index in [9.17, 15) is 4.79 Å². The molecule has 2 N–H and O–H groups in total. The van der Waals surface area contributed by atoms with Gasteiger partial charge in [-0.15, -0.1) is 0 Å². The summed E-state index contributed by atoms with van der Waals surface area (Å²) in [7, 11) is 0. The van der Waals surface area contributed by atoms with Crippen LogP contribution in [0.5, 0.6) is 5.75 Å². The summed E-state index contributed by atoms with van der Waals surface area (Å²) in [5.41, 5.74) is 4.77. The Kier molecular flexibility index (Phi) is 11.0. The van der Waals surface area contributed by atoms with Crippen molar-refractivity contribution < 1.29 is 19.4 Å². The number of hydrogen-bond donors (Lipinski definition) is 2. The fraction of sp³-hybridized carbons (Fsp3) is 0.220. The maximum Gasteiger partial charge on any atom is 0.252 e. The summed E-state index contributed by atoms with van der Waals surface area (Å²) < 4.78 is 13.4. The maximum atomic E-state index is 14.6. The highest BCUT2D eigenvalue weighted by molar-refractivity contribution is 9.10. The van der Waals surface area contributed by atoms with E-state index in [1.807, 2.05) is 97.1 Å². The van der Waals surface area contributed by atoms with Gasteiger partial charge in [-0.05, 0) is 77.1 Å². The quantitative estimate of drug-likeness (QED) is 0.115. The molecule has 1 aliphatic heterocycles. The zero-order chi connectivity index (χ0) is 33.2. The molecule has 0 bridgehead atoms. The maximum absolute atomic E-state index is 14.6. The molecule has 0 saturated heterocycles. The van der Waals surface area contributed by atoms with Crippen molar-refractivity contribution in [1.82, 2.24) is 5.32 Å². The summed E-state index contributed by atoms with van der Waals surface area (Å²) in [5, 5.41) is 12.3. The third-order valence-electron chi connectivity index (χ3n) is 8.51. The van der Waals surface area contributed by atoms with Crippen LogP contribution >= 0.6 is 15.9 Å². The molecule has 0 fully saturated rings. The summed E-state index contributed by atoms with van der Waals surface area (Å²) in [6, 6.07) is 44.3. The molecule has 6 nitrogen and oxygen atoms in total. The van der Waals surface area contributed by atoms with Crippen LogP contribution in [0.1, 0.15) is 41.2 Å². The molecule has 6 rings (SSSR count). The molecule has 5 aromatic rings. The van der Waals surface area contributed by atoms with Crippen LogP contribution in [0.25, 0.3) is 11.1 Å². The number of aliphatic imine (C=N–C) groups is 1. The molecule has 1 heterocycles. The third kappa shape index (κ3) is 8.04. The van der Waals surface area contributed by atoms with Crippen LogP contribution in [0.2, 0.25) is 0 Å². The number of benzene rings is 5. The van der Waals surface area contributed by atoms with Gasteiger partial charge in [-0.1, -0.05) is 113 Å². The number of carbonyl (C=O) groups is 1. The van der Waals surface area contributed by atoms with Gasteiger partial charge in [-0.2, -0.15) is 0 Å². The molecule has 48 heavy (non-hydrogen) atoms. The summed E-state index contributed by atoms with van der Waals surface area (Å²) in [6.07, 6.45) is 1.90. The highest BCUT2D eigenvalue weighted by Gasteiger charge is 2.53. The zero-order valence-electron chi connectivity index (χ0n) is 26.7. The Bertz CT molecular complexity index is 1790. The molecule has 2 atom stereocenters. The van der Waals surface area contributed by atoms with Crippen molar-refractivity contribution in [3.05, 3.63) is 160 Å². The number of hydrogen-bond acceptors (Lipinski definition) is 5. The Balaban J connectivity index is 1.35. The van der Waals surface area contributed by atoms with E-state index in [1.54, 1.807) is 0 Å². The predicted octanol–water partition coefficient (Wildman–Crippen LogP) is 8.13. The average Bonchev–Trinajstić information content (AvgIpc) is 3.52. The van der Waals surface area contributed by atoms with E-state index in [4.69, 9.17) is 19.6 Å². The van der Waals surface area contributed by atoms with Crippen molar-refractivity contribution in [3.63, 3.8) is 0 Å². The van der Waals surface area contributed by atoms with E-state index >= 15 is 0 Å². The second-order valence-corrected chi connectivity index (χ2v) is 12.8. The van der Waals surface area contributed by atoms with Gasteiger partial charge < -0.3 is 19.9 Å². The lowest BCUT2D eigenvalue weighted by molar-refractivity contribution is -0.128. The van der Waals surface area contributed by atoms with Crippen molar-refractivity contribution in [1.29, 1.82) is 0 Å². The number of nitrogens with zero attached hydrogens (tertiary/aromatic N) is 1. The fourth-order valence-corrected chi connectivity index (χ4v) is 6.23. The van der Waals surface area contributed by atoms with E-state index in [2.05, 4.69) is 57.6 Å². The normalized spacial score (nSPS) is 17.0. The molecule has 0 unspecified atom stereocenters. The van der Waals surface area contributed by atoms with Crippen LogP contribution in [0, 0.1) is 0 Å². The van der Waals surface area contributed by atoms with E-state index in [0.717, 1.165) is 45.1 Å². The minimum absolute atomic E-state index is 0.0746. The Morgan fingerprint density at radius 1 is 0.771 bits per heavy atom. The second-order valence-electron chi connectivity index (χ2n) is 11.9. The number of aryl methyl sites for hydroxylation is 1. The molecule has 0 aromatic heterocycles. The number of amides is 1. The smallest absolute Gasteiger partial charge is 0.252 e. The summed E-state index contributed by atoms with van der Waals surface area (Å²) in [5.74, 6) is 0.927. The Morgan fingerprint density at radius 3 is 2.10 bits per heavy atom. The average molecular weight is 704 g/mol. The van der Waals surface area contributed by atoms with Gasteiger partial charge in [0.2, 0.25) is 5.90 Å². The van der Waals surface area contributed by atoms with E-state index in [1.165, 1.54) is 5.56 Å². The van der Waals surface area contributed by atoms with Crippen molar-refractivity contribution in [3.8, 4) is 16.9 Å². The standard InChI is InChI=1S/C41H39BrN2O4/c42-36-22-14-31(15-23-36)29-41(40(46)43-26-7-11-30-9-3-1-4-10-30)38(34-18-16-33(17-19-34)32-12-5-2-6-13-32)48-39(44-41)35-20-24-37(25-21-35)47-28-8-27-45/h1-6,9-10,12-25,38,45H,7-8,11,26-29H2,(H,43,46)/t38-,41-/m1/s1. The fourth-order valence-electron chi connectivity index (χ4n) is 5.97. The highest BCUT2D eigenvalue weighted by Crippen LogP contribution is 2.43. The van der Waals surface area contributed by atoms with Crippen LogP contribution in [-0.2, 0) is 22.4 Å². The summed E-state index contributed by atoms with van der Waals surface area (Å²) >= 11 is 3.55. The number of aliphatic hydroxyl groups excluding tert-OH is 1. The first kappa shape index (κ1) is 33.2. The predicted molar refractivity (Wildman–Crippen MR) is 194 cm³/mol. The molecule has 1 aliphatic rings. The second kappa shape index (κ2) is 15.9. The van der Waals surface area contributed by atoms with Gasteiger partial charge in [0.05, 0.1) is 6.61 Å². The van der Waals surface area contributed by atoms with Gasteiger partial charge in [0.25, 0.3) is 5.91 Å². The van der Waals surface area contributed by atoms with Gasteiger partial charge >= 0.3 is 0 Å². The van der Waals surface area contributed by atoms with Crippen LogP contribution < -0.4 is 10.1 Å². The van der Waals surface area contributed by atoms with Crippen LogP contribution in [0.4, 0.5) is 0 Å². The highest BCUT2D eigenvalue weighted by atomic mass is 79.9. The lowest BCUT2D eigenvalue weighted by Crippen LogP contribution is -2.50. The monoisotopic (exact) mass is 702 g/mol. The van der Waals surface area contributed by atoms with E-state index in [0.29, 0.717) is 37.6 Å². The number of nitrogens with one attached hydrogen (secondary N) is 1. The van der Waals surface area contributed by atoms with E-state index in [-0.39, 0.29) is 12.5 Å². The zero-order valence-corrected chi connectivity index (χ0v) is 28.3. The lowest BCUT2D eigenvalue weighted by Gasteiger charge is -2.31. The van der Waals surface area contributed by atoms with Gasteiger partial charge in [0.1, 0.15) is 5.75 Å². The largest absolute Gasteiger partial charge is 0.494 e. The number of rotatable bonds is 14. The van der Waals surface area contributed by atoms with Gasteiger partial charge in [-0.3, -0.25) is 4.79 Å². The molecule has 1 amide bonds. The first-order valence-electron chi connectivity index (χ1n) is 16.4. The summed E-state index contributed by atoms with van der Waals surface area (Å²) in [6.45, 7) is 1.01. The van der Waals surface area contributed by atoms with Crippen LogP contribution in [-0.4, -0.2) is 42.2 Å². The van der Waals surface area contributed by atoms with Crippen molar-refractivity contribution in [2.45, 2.75) is 37.3 Å². The van der Waals surface area contributed by atoms with Crippen molar-refractivity contribution in [2.24, 2.45) is 4.99 Å². The SMILES string of the molecule is O=C(NCCCc1ccccc1)[C@]1(Cc2ccc(Br)cc2)N=C(c2ccc(OCCCO)cc2)O[C@@H]1c1ccc(-c2ccccc2)cc1. The van der Waals surface area contributed by atoms with Gasteiger partial charge in [-0.25, -0.2) is 4.99 Å². The molecular formula is C41H39BrN2O4. The Labute approximate surface area is 290 Å². The molecule has 0 saturated carbocycles. The van der Waals surface area contributed by atoms with Crippen LogP contribution in [0.3, 0.4) is 0 Å². The first-order valence-corrected chi connectivity index (χ1v) is 17.2. The van der Waals surface area contributed by atoms with Gasteiger partial charge in [0, 0.05) is 36.0 Å². The van der Waals surface area contributed by atoms with Gasteiger partial charge in [0.15, 0.2) is 11.6 Å². The minimum atomic E-state index is -1.26. The number of aliphatic hydroxyl groups is 1. The lowest BCUT2D eigenvalue weighted by atomic mass is 9.81. The van der Waals surface area contributed by atoms with Crippen LogP contribution in [0.15, 0.2) is 143 Å². The molecule has 244 valence electrons. The first-order chi connectivity index (χ1) is 23.5. The number of halogens is 1. The minimum Gasteiger partial charge on any atom is -0.494 e. The Hall–Kier alpha value is -4.72. The van der Waals surface area contributed by atoms with E-state index < -0.39 is 11.6 Å². The number of carbonyl (C=O) groups excluding carboxylic acids is 1. The molecular weight excluding hydrogens is 664 g/mol. The Morgan fingerprint density at radius 2 is 1.42 bits per heavy atom. The number of ether oxygens (including phenoxy) is 2. The molecule has 0 spiro atoms. The molecule has 0 aliphatic carbocycles. The van der Waals surface area contributed by atoms with Crippen molar-refractivity contribution >= 4 is 27.7 Å². The topological polar surface area (TPSA) is 80.2 Å². The summed E-state index contributed by atoms with van der Waals surface area (Å²) in [4.78, 5) is 19.7. The van der Waals surface area contributed by atoms with Crippen molar-refractivity contribution in [2.75, 3.05) is 19.8 Å². The molecule has 0 radical (unpaired) electrons. The molecule has 7 heteroatoms. The third-order valence-corrected chi connectivity index (χ3v) is 9.04.